The van der Waals surface area contributed by atoms with E-state index in [1.165, 1.54) is 0 Å². The summed E-state index contributed by atoms with van der Waals surface area (Å²) in [6.07, 6.45) is 0. The number of hydrogen-bond donors (Lipinski definition) is 0. The van der Waals surface area contributed by atoms with Crippen LogP contribution in [-0.2, 0) is 0 Å². The normalized spacial score (nSPS) is 9.73. The average Bonchev–Trinajstić information content (AvgIpc) is 1.85. The fourth-order valence-electron chi connectivity index (χ4n) is 0.675. The molecule has 1 nitrogen and oxygen atoms in total. The minimum absolute atomic E-state index is 0.132. The molecule has 0 radical (unpaired) electrons. The average molecular weight is 256 g/mol. The van der Waals surface area contributed by atoms with E-state index in [1.807, 2.05) is 0 Å². The molecule has 0 atom stereocenters. The molecule has 1 aromatic carbocycles. The first kappa shape index (κ1) is 9.17. The summed E-state index contributed by atoms with van der Waals surface area (Å²) in [6, 6.07) is 5.42. The maximum absolute atomic E-state index is 5.73. The van der Waals surface area contributed by atoms with Gasteiger partial charge in [0.1, 0.15) is 5.75 Å². The third-order valence-corrected chi connectivity index (χ3v) is 1.84. The monoisotopic (exact) mass is 254 g/mol. The second-order valence-electron chi connectivity index (χ2n) is 1.86. The molecule has 60 valence electrons. The molecule has 11 heavy (non-hydrogen) atoms. The maximum Gasteiger partial charge on any atom is 0.162 e. The largest absolute Gasteiger partial charge is 0.478 e. The van der Waals surface area contributed by atoms with Gasteiger partial charge in [-0.3, -0.25) is 0 Å². The van der Waals surface area contributed by atoms with Crippen molar-refractivity contribution < 1.29 is 4.74 Å². The molecule has 0 N–H and O–H groups in total. The zero-order valence-corrected chi connectivity index (χ0v) is 8.58. The number of ether oxygens (including phenoxy) is 1. The molecule has 0 aromatic heterocycles. The highest BCUT2D eigenvalue weighted by Gasteiger charge is 1.96. The van der Waals surface area contributed by atoms with E-state index in [0.29, 0.717) is 10.8 Å². The van der Waals surface area contributed by atoms with Crippen LogP contribution in [0.15, 0.2) is 22.7 Å². The van der Waals surface area contributed by atoms with Crippen LogP contribution < -0.4 is 4.74 Å². The first-order chi connectivity index (χ1) is 5.22. The topological polar surface area (TPSA) is 9.23 Å². The summed E-state index contributed by atoms with van der Waals surface area (Å²) in [7, 11) is 0. The third kappa shape index (κ3) is 2.89. The molecular weight excluding hydrogens is 251 g/mol. The minimum atomic E-state index is 0.132. The van der Waals surface area contributed by atoms with E-state index in [-0.39, 0.29) is 6.07 Å². The molecule has 0 heterocycles. The Balaban J connectivity index is 2.89. The number of alkyl halides is 1. The van der Waals surface area contributed by atoms with E-state index in [0.717, 1.165) is 4.47 Å². The summed E-state index contributed by atoms with van der Waals surface area (Å²) in [4.78, 5) is 0. The molecule has 0 aliphatic carbocycles. The molecule has 0 aliphatic heterocycles. The predicted octanol–water partition coefficient (Wildman–Crippen LogP) is 3.68. The Bertz CT molecular complexity index is 232. The van der Waals surface area contributed by atoms with Gasteiger partial charge in [0.05, 0.1) is 0 Å². The molecule has 0 saturated carbocycles. The van der Waals surface area contributed by atoms with E-state index < -0.39 is 0 Å². The van der Waals surface area contributed by atoms with Gasteiger partial charge in [0.15, 0.2) is 6.07 Å². The van der Waals surface area contributed by atoms with Gasteiger partial charge in [-0.1, -0.05) is 39.1 Å². The highest BCUT2D eigenvalue weighted by atomic mass is 79.9. The Morgan fingerprint density at radius 2 is 2.09 bits per heavy atom. The summed E-state index contributed by atoms with van der Waals surface area (Å²) < 4.78 is 5.90. The Hall–Kier alpha value is 0.0800. The van der Waals surface area contributed by atoms with E-state index in [2.05, 4.69) is 15.9 Å². The van der Waals surface area contributed by atoms with Crippen LogP contribution in [0.5, 0.6) is 5.75 Å². The molecule has 4 heteroatoms. The zero-order chi connectivity index (χ0) is 8.27. The summed E-state index contributed by atoms with van der Waals surface area (Å²) in [5, 5.41) is 0.625. The number of rotatable bonds is 2. The van der Waals surface area contributed by atoms with Crippen molar-refractivity contribution in [1.29, 1.82) is 0 Å². The van der Waals surface area contributed by atoms with Gasteiger partial charge in [-0.05, 0) is 18.2 Å². The molecular formula is C7H5BrCl2O. The van der Waals surface area contributed by atoms with Crippen molar-refractivity contribution in [3.8, 4) is 5.75 Å². The van der Waals surface area contributed by atoms with Crippen LogP contribution in [0.3, 0.4) is 0 Å². The Morgan fingerprint density at radius 1 is 1.36 bits per heavy atom. The lowest BCUT2D eigenvalue weighted by atomic mass is 10.3. The van der Waals surface area contributed by atoms with Gasteiger partial charge >= 0.3 is 0 Å². The first-order valence-corrected chi connectivity index (χ1v) is 4.58. The van der Waals surface area contributed by atoms with Gasteiger partial charge in [0.2, 0.25) is 0 Å². The van der Waals surface area contributed by atoms with Crippen molar-refractivity contribution in [2.24, 2.45) is 0 Å². The lowest BCUT2D eigenvalue weighted by Crippen LogP contribution is -1.88. The molecule has 0 spiro atoms. The van der Waals surface area contributed by atoms with Gasteiger partial charge in [0, 0.05) is 9.50 Å². The molecule has 0 amide bonds. The second-order valence-corrected chi connectivity index (χ2v) is 3.43. The van der Waals surface area contributed by atoms with Gasteiger partial charge in [-0.25, -0.2) is 0 Å². The Labute approximate surface area is 83.4 Å². The number of benzene rings is 1. The van der Waals surface area contributed by atoms with Gasteiger partial charge < -0.3 is 4.74 Å². The lowest BCUT2D eigenvalue weighted by Gasteiger charge is -2.02. The standard InChI is InChI=1S/C7H5BrCl2O/c8-5-1-6(10)3-7(2-5)11-4-9/h1-3H,4H2. The SMILES string of the molecule is ClCOc1cc(Cl)cc(Br)c1. The fraction of sp³-hybridized carbons (Fsp3) is 0.143. The first-order valence-electron chi connectivity index (χ1n) is 2.87. The van der Waals surface area contributed by atoms with Crippen molar-refractivity contribution in [3.63, 3.8) is 0 Å². The van der Waals surface area contributed by atoms with Crippen molar-refractivity contribution >= 4 is 39.1 Å². The van der Waals surface area contributed by atoms with E-state index >= 15 is 0 Å². The second kappa shape index (κ2) is 4.19. The van der Waals surface area contributed by atoms with Crippen molar-refractivity contribution in [2.75, 3.05) is 6.07 Å². The van der Waals surface area contributed by atoms with E-state index in [4.69, 9.17) is 27.9 Å². The van der Waals surface area contributed by atoms with Crippen LogP contribution in [0.4, 0.5) is 0 Å². The summed E-state index contributed by atoms with van der Waals surface area (Å²) in [6.45, 7) is 0. The van der Waals surface area contributed by atoms with E-state index in [9.17, 15) is 0 Å². The van der Waals surface area contributed by atoms with E-state index in [1.54, 1.807) is 18.2 Å². The fourth-order valence-corrected chi connectivity index (χ4v) is 1.63. The lowest BCUT2D eigenvalue weighted by molar-refractivity contribution is 0.388. The van der Waals surface area contributed by atoms with Crippen LogP contribution in [0, 0.1) is 0 Å². The highest BCUT2D eigenvalue weighted by molar-refractivity contribution is 9.10. The van der Waals surface area contributed by atoms with Crippen molar-refractivity contribution in [1.82, 2.24) is 0 Å². The van der Waals surface area contributed by atoms with Crippen LogP contribution in [0.1, 0.15) is 0 Å². The van der Waals surface area contributed by atoms with Crippen LogP contribution in [0.25, 0.3) is 0 Å². The number of hydrogen-bond acceptors (Lipinski definition) is 1. The summed E-state index contributed by atoms with van der Waals surface area (Å²) in [5.74, 6) is 0.666. The number of halogens is 3. The zero-order valence-electron chi connectivity index (χ0n) is 5.48. The molecule has 0 saturated heterocycles. The Kier molecular flexibility index (Phi) is 3.49. The molecule has 1 aromatic rings. The minimum Gasteiger partial charge on any atom is -0.478 e. The van der Waals surface area contributed by atoms with Gasteiger partial charge in [-0.2, -0.15) is 0 Å². The summed E-state index contributed by atoms with van der Waals surface area (Å²) in [5.41, 5.74) is 0. The predicted molar refractivity (Wildman–Crippen MR) is 50.5 cm³/mol. The smallest absolute Gasteiger partial charge is 0.162 e. The quantitative estimate of drug-likeness (QED) is 0.733. The summed E-state index contributed by atoms with van der Waals surface area (Å²) >= 11 is 14.4. The third-order valence-electron chi connectivity index (χ3n) is 1.06. The molecule has 1 rings (SSSR count). The van der Waals surface area contributed by atoms with Crippen molar-refractivity contribution in [3.05, 3.63) is 27.7 Å². The molecule has 0 aliphatic rings. The van der Waals surface area contributed by atoms with Crippen LogP contribution >= 0.6 is 39.1 Å². The van der Waals surface area contributed by atoms with Gasteiger partial charge in [-0.15, -0.1) is 0 Å². The van der Waals surface area contributed by atoms with Crippen molar-refractivity contribution in [2.45, 2.75) is 0 Å². The van der Waals surface area contributed by atoms with Gasteiger partial charge in [0.25, 0.3) is 0 Å². The molecule has 0 bridgehead atoms. The molecule has 0 unspecified atom stereocenters. The van der Waals surface area contributed by atoms with Crippen LogP contribution in [0.2, 0.25) is 5.02 Å². The Morgan fingerprint density at radius 3 is 2.64 bits per heavy atom. The highest BCUT2D eigenvalue weighted by Crippen LogP contribution is 2.24. The van der Waals surface area contributed by atoms with Crippen LogP contribution in [-0.4, -0.2) is 6.07 Å². The maximum atomic E-state index is 5.73. The molecule has 0 fully saturated rings.